The highest BCUT2D eigenvalue weighted by molar-refractivity contribution is 9.10. The Kier molecular flexibility index (Phi) is 7.11. The highest BCUT2D eigenvalue weighted by Crippen LogP contribution is 2.35. The van der Waals surface area contributed by atoms with Gasteiger partial charge in [-0.1, -0.05) is 15.9 Å². The van der Waals surface area contributed by atoms with Gasteiger partial charge in [0.05, 0.1) is 24.8 Å². The molecule has 0 fully saturated rings. The molecule has 0 radical (unpaired) electrons. The molecule has 0 unspecified atom stereocenters. The predicted molar refractivity (Wildman–Crippen MR) is 115 cm³/mol. The molecular weight excluding hydrogens is 459 g/mol. The molecule has 8 heteroatoms. The lowest BCUT2D eigenvalue weighted by Gasteiger charge is -2.11. The zero-order chi connectivity index (χ0) is 20.8. The molecule has 0 saturated heterocycles. The summed E-state index contributed by atoms with van der Waals surface area (Å²) in [6, 6.07) is 12.9. The van der Waals surface area contributed by atoms with Crippen molar-refractivity contribution in [3.63, 3.8) is 0 Å². The number of hydrogen-bond donors (Lipinski definition) is 1. The third-order valence-corrected chi connectivity index (χ3v) is 5.76. The molecule has 1 N–H and O–H groups in total. The minimum Gasteiger partial charge on any atom is -0.493 e. The fourth-order valence-electron chi connectivity index (χ4n) is 2.50. The molecule has 0 spiro atoms. The van der Waals surface area contributed by atoms with Gasteiger partial charge in [-0.3, -0.25) is 4.79 Å². The molecule has 3 aromatic rings. The fraction of sp³-hybridized carbons (Fsp3) is 0.143. The summed E-state index contributed by atoms with van der Waals surface area (Å²) < 4.78 is 24.5. The number of rotatable bonds is 7. The molecule has 0 bridgehead atoms. The molecule has 1 amide bonds. The van der Waals surface area contributed by atoms with E-state index in [4.69, 9.17) is 9.47 Å². The first-order valence-corrected chi connectivity index (χ1v) is 10.3. The number of carbonyl (C=O) groups excluding carboxylic acids is 1. The smallest absolute Gasteiger partial charge is 0.257 e. The lowest BCUT2D eigenvalue weighted by Crippen LogP contribution is -2.12. The maximum absolute atomic E-state index is 13.0. The van der Waals surface area contributed by atoms with Crippen LogP contribution in [0.25, 0.3) is 0 Å². The van der Waals surface area contributed by atoms with E-state index >= 15 is 0 Å². The average Bonchev–Trinajstić information content (AvgIpc) is 2.74. The minimum absolute atomic E-state index is 0.303. The summed E-state index contributed by atoms with van der Waals surface area (Å²) in [6.45, 7) is 0. The quantitative estimate of drug-likeness (QED) is 0.453. The lowest BCUT2D eigenvalue weighted by molar-refractivity contribution is 0.102. The zero-order valence-corrected chi connectivity index (χ0v) is 18.1. The van der Waals surface area contributed by atoms with Crippen LogP contribution in [0.5, 0.6) is 11.5 Å². The SMILES string of the molecule is COc1cc(Br)c(CSc2ccc(C(=O)Nc3ccc(F)cc3)cn2)cc1OC. The van der Waals surface area contributed by atoms with E-state index < -0.39 is 0 Å². The Morgan fingerprint density at radius 3 is 2.41 bits per heavy atom. The van der Waals surface area contributed by atoms with Gasteiger partial charge in [0.15, 0.2) is 11.5 Å². The Morgan fingerprint density at radius 2 is 1.79 bits per heavy atom. The topological polar surface area (TPSA) is 60.5 Å². The summed E-state index contributed by atoms with van der Waals surface area (Å²) in [7, 11) is 3.19. The van der Waals surface area contributed by atoms with Gasteiger partial charge in [0.25, 0.3) is 5.91 Å². The van der Waals surface area contributed by atoms with E-state index in [9.17, 15) is 9.18 Å². The number of anilines is 1. The van der Waals surface area contributed by atoms with Crippen LogP contribution in [-0.2, 0) is 5.75 Å². The first-order chi connectivity index (χ1) is 14.0. The Bertz CT molecular complexity index is 998. The number of carbonyl (C=O) groups is 1. The number of thioether (sulfide) groups is 1. The van der Waals surface area contributed by atoms with Gasteiger partial charge in [-0.25, -0.2) is 9.37 Å². The third kappa shape index (κ3) is 5.48. The van der Waals surface area contributed by atoms with Gasteiger partial charge in [0, 0.05) is 22.1 Å². The van der Waals surface area contributed by atoms with E-state index in [1.54, 1.807) is 26.4 Å². The van der Waals surface area contributed by atoms with Crippen LogP contribution in [-0.4, -0.2) is 25.1 Å². The molecule has 29 heavy (non-hydrogen) atoms. The van der Waals surface area contributed by atoms with Crippen LogP contribution in [0.3, 0.4) is 0 Å². The van der Waals surface area contributed by atoms with Crippen molar-refractivity contribution in [2.75, 3.05) is 19.5 Å². The zero-order valence-electron chi connectivity index (χ0n) is 15.7. The van der Waals surface area contributed by atoms with E-state index in [-0.39, 0.29) is 11.7 Å². The molecule has 2 aromatic carbocycles. The van der Waals surface area contributed by atoms with Gasteiger partial charge in [-0.15, -0.1) is 11.8 Å². The number of amides is 1. The Hall–Kier alpha value is -2.58. The van der Waals surface area contributed by atoms with E-state index in [1.165, 1.54) is 42.2 Å². The van der Waals surface area contributed by atoms with Gasteiger partial charge in [0.2, 0.25) is 0 Å². The molecule has 150 valence electrons. The summed E-state index contributed by atoms with van der Waals surface area (Å²) in [4.78, 5) is 16.6. The normalized spacial score (nSPS) is 10.5. The van der Waals surface area contributed by atoms with Crippen molar-refractivity contribution >= 4 is 39.3 Å². The molecule has 0 aliphatic carbocycles. The molecule has 0 aliphatic rings. The molecule has 1 aromatic heterocycles. The molecule has 0 aliphatic heterocycles. The number of ether oxygens (including phenoxy) is 2. The summed E-state index contributed by atoms with van der Waals surface area (Å²) in [6.07, 6.45) is 1.52. The maximum atomic E-state index is 13.0. The number of halogens is 2. The van der Waals surface area contributed by atoms with Gasteiger partial charge < -0.3 is 14.8 Å². The molecule has 1 heterocycles. The van der Waals surface area contributed by atoms with Crippen LogP contribution >= 0.6 is 27.7 Å². The number of benzene rings is 2. The summed E-state index contributed by atoms with van der Waals surface area (Å²) in [5.74, 6) is 1.32. The monoisotopic (exact) mass is 476 g/mol. The Labute approximate surface area is 180 Å². The maximum Gasteiger partial charge on any atom is 0.257 e. The van der Waals surface area contributed by atoms with Crippen molar-refractivity contribution in [2.45, 2.75) is 10.8 Å². The van der Waals surface area contributed by atoms with Crippen LogP contribution in [0, 0.1) is 5.82 Å². The van der Waals surface area contributed by atoms with Crippen molar-refractivity contribution in [2.24, 2.45) is 0 Å². The van der Waals surface area contributed by atoms with Crippen LogP contribution in [0.1, 0.15) is 15.9 Å². The molecule has 0 saturated carbocycles. The second kappa shape index (κ2) is 9.76. The fourth-order valence-corrected chi connectivity index (χ4v) is 3.98. The molecule has 0 atom stereocenters. The molecule has 3 rings (SSSR count). The molecular formula is C21H18BrFN2O3S. The Balaban J connectivity index is 1.63. The van der Waals surface area contributed by atoms with Crippen molar-refractivity contribution < 1.29 is 18.7 Å². The van der Waals surface area contributed by atoms with Crippen molar-refractivity contribution in [3.05, 3.63) is 76.1 Å². The summed E-state index contributed by atoms with van der Waals surface area (Å²) >= 11 is 5.08. The van der Waals surface area contributed by atoms with E-state index in [0.717, 1.165) is 15.1 Å². The number of pyridine rings is 1. The highest BCUT2D eigenvalue weighted by atomic mass is 79.9. The number of nitrogens with zero attached hydrogens (tertiary/aromatic N) is 1. The van der Waals surface area contributed by atoms with Crippen molar-refractivity contribution in [1.29, 1.82) is 0 Å². The second-order valence-electron chi connectivity index (χ2n) is 5.93. The van der Waals surface area contributed by atoms with Crippen LogP contribution in [0.2, 0.25) is 0 Å². The summed E-state index contributed by atoms with van der Waals surface area (Å²) in [5.41, 5.74) is 1.98. The van der Waals surface area contributed by atoms with Gasteiger partial charge in [0.1, 0.15) is 5.82 Å². The average molecular weight is 477 g/mol. The van der Waals surface area contributed by atoms with Crippen LogP contribution in [0.15, 0.2) is 64.2 Å². The van der Waals surface area contributed by atoms with Crippen molar-refractivity contribution in [1.82, 2.24) is 4.98 Å². The largest absolute Gasteiger partial charge is 0.493 e. The Morgan fingerprint density at radius 1 is 1.10 bits per heavy atom. The lowest BCUT2D eigenvalue weighted by atomic mass is 10.2. The number of methoxy groups -OCH3 is 2. The number of hydrogen-bond acceptors (Lipinski definition) is 5. The number of nitrogens with one attached hydrogen (secondary N) is 1. The number of aromatic nitrogens is 1. The predicted octanol–water partition coefficient (Wildman–Crippen LogP) is 5.55. The molecule has 5 nitrogen and oxygen atoms in total. The first-order valence-electron chi connectivity index (χ1n) is 8.56. The standard InChI is InChI=1S/C21H18BrFN2O3S/c1-27-18-9-14(17(22)10-19(18)28-2)12-29-20-8-3-13(11-24-20)21(26)25-16-6-4-15(23)5-7-16/h3-11H,12H2,1-2H3,(H,25,26). The van der Waals surface area contributed by atoms with Crippen molar-refractivity contribution in [3.8, 4) is 11.5 Å². The van der Waals surface area contributed by atoms with E-state index in [1.807, 2.05) is 12.1 Å². The van der Waals surface area contributed by atoms with Gasteiger partial charge in [-0.2, -0.15) is 0 Å². The van der Waals surface area contributed by atoms with Crippen LogP contribution < -0.4 is 14.8 Å². The van der Waals surface area contributed by atoms with E-state index in [2.05, 4.69) is 26.2 Å². The second-order valence-corrected chi connectivity index (χ2v) is 7.78. The first kappa shape index (κ1) is 21.1. The van der Waals surface area contributed by atoms with Gasteiger partial charge in [-0.05, 0) is 54.1 Å². The third-order valence-electron chi connectivity index (χ3n) is 4.03. The van der Waals surface area contributed by atoms with E-state index in [0.29, 0.717) is 28.5 Å². The minimum atomic E-state index is -0.354. The highest BCUT2D eigenvalue weighted by Gasteiger charge is 2.11. The van der Waals surface area contributed by atoms with Gasteiger partial charge >= 0.3 is 0 Å². The van der Waals surface area contributed by atoms with Crippen LogP contribution in [0.4, 0.5) is 10.1 Å². The summed E-state index contributed by atoms with van der Waals surface area (Å²) in [5, 5.41) is 3.49.